The van der Waals surface area contributed by atoms with Gasteiger partial charge in [-0.1, -0.05) is 35.0 Å². The summed E-state index contributed by atoms with van der Waals surface area (Å²) in [4.78, 5) is 12.5. The second-order valence-electron chi connectivity index (χ2n) is 6.15. The Morgan fingerprint density at radius 1 is 1.17 bits per heavy atom. The third-order valence-electron chi connectivity index (χ3n) is 4.35. The number of nitrogens with one attached hydrogen (secondary N) is 1. The molecule has 1 amide bonds. The molecule has 1 N–H and O–H groups in total. The molecule has 3 rings (SSSR count). The Balaban J connectivity index is 1.68. The van der Waals surface area contributed by atoms with E-state index >= 15 is 0 Å². The summed E-state index contributed by atoms with van der Waals surface area (Å²) in [6.45, 7) is 1.96. The van der Waals surface area contributed by atoms with Gasteiger partial charge in [0.15, 0.2) is 6.10 Å². The largest absolute Gasteiger partial charge is 0.481 e. The van der Waals surface area contributed by atoms with Gasteiger partial charge in [-0.2, -0.15) is 0 Å². The van der Waals surface area contributed by atoms with Gasteiger partial charge >= 0.3 is 0 Å². The van der Waals surface area contributed by atoms with Crippen molar-refractivity contribution in [3.63, 3.8) is 0 Å². The standard InChI is InChI=1S/C20H22BrNO2/c1-2-19(20(23)22-17-9-5-8-16(21)13-17)24-18-11-10-14-6-3-4-7-15(14)12-18/h5,8-13,19H,2-4,6-7H2,1H3,(H,22,23). The number of amides is 1. The van der Waals surface area contributed by atoms with Crippen molar-refractivity contribution in [2.75, 3.05) is 5.32 Å². The first-order valence-corrected chi connectivity index (χ1v) is 9.30. The second kappa shape index (κ2) is 7.84. The summed E-state index contributed by atoms with van der Waals surface area (Å²) in [5.74, 6) is 0.667. The van der Waals surface area contributed by atoms with Gasteiger partial charge in [0.05, 0.1) is 0 Å². The number of hydrogen-bond acceptors (Lipinski definition) is 2. The summed E-state index contributed by atoms with van der Waals surface area (Å²) >= 11 is 3.41. The lowest BCUT2D eigenvalue weighted by atomic mass is 9.92. The predicted molar refractivity (Wildman–Crippen MR) is 101 cm³/mol. The Labute approximate surface area is 151 Å². The average molecular weight is 388 g/mol. The summed E-state index contributed by atoms with van der Waals surface area (Å²) in [5.41, 5.74) is 3.54. The molecule has 24 heavy (non-hydrogen) atoms. The molecule has 1 aliphatic rings. The molecule has 1 aliphatic carbocycles. The van der Waals surface area contributed by atoms with Gasteiger partial charge in [0.2, 0.25) is 0 Å². The van der Waals surface area contributed by atoms with E-state index in [1.165, 1.54) is 24.0 Å². The monoisotopic (exact) mass is 387 g/mol. The Morgan fingerprint density at radius 3 is 2.71 bits per heavy atom. The van der Waals surface area contributed by atoms with Crippen LogP contribution in [0.15, 0.2) is 46.9 Å². The summed E-state index contributed by atoms with van der Waals surface area (Å²) in [6.07, 6.45) is 4.88. The van der Waals surface area contributed by atoms with E-state index in [1.54, 1.807) is 0 Å². The molecule has 0 saturated carbocycles. The highest BCUT2D eigenvalue weighted by atomic mass is 79.9. The van der Waals surface area contributed by atoms with Crippen LogP contribution in [0.1, 0.15) is 37.3 Å². The molecular formula is C20H22BrNO2. The van der Waals surface area contributed by atoms with Gasteiger partial charge in [0.1, 0.15) is 5.75 Å². The minimum Gasteiger partial charge on any atom is -0.481 e. The zero-order valence-corrected chi connectivity index (χ0v) is 15.4. The van der Waals surface area contributed by atoms with Crippen LogP contribution in [0.4, 0.5) is 5.69 Å². The Kier molecular flexibility index (Phi) is 5.56. The highest BCUT2D eigenvalue weighted by Gasteiger charge is 2.19. The zero-order chi connectivity index (χ0) is 16.9. The highest BCUT2D eigenvalue weighted by Crippen LogP contribution is 2.26. The Morgan fingerprint density at radius 2 is 1.96 bits per heavy atom. The first kappa shape index (κ1) is 17.0. The highest BCUT2D eigenvalue weighted by molar-refractivity contribution is 9.10. The third-order valence-corrected chi connectivity index (χ3v) is 4.85. The molecule has 0 bridgehead atoms. The van der Waals surface area contributed by atoms with Crippen molar-refractivity contribution in [3.05, 3.63) is 58.1 Å². The smallest absolute Gasteiger partial charge is 0.265 e. The number of hydrogen-bond donors (Lipinski definition) is 1. The van der Waals surface area contributed by atoms with Crippen molar-refractivity contribution in [2.45, 2.75) is 45.1 Å². The van der Waals surface area contributed by atoms with Crippen LogP contribution in [-0.4, -0.2) is 12.0 Å². The summed E-state index contributed by atoms with van der Waals surface area (Å²) < 4.78 is 6.90. The van der Waals surface area contributed by atoms with Crippen LogP contribution in [0, 0.1) is 0 Å². The van der Waals surface area contributed by atoms with E-state index in [2.05, 4.69) is 33.4 Å². The van der Waals surface area contributed by atoms with Crippen molar-refractivity contribution in [3.8, 4) is 5.75 Å². The minimum absolute atomic E-state index is 0.117. The lowest BCUT2D eigenvalue weighted by molar-refractivity contribution is -0.122. The van der Waals surface area contributed by atoms with Crippen LogP contribution >= 0.6 is 15.9 Å². The van der Waals surface area contributed by atoms with Crippen LogP contribution in [-0.2, 0) is 17.6 Å². The number of carbonyl (C=O) groups is 1. The van der Waals surface area contributed by atoms with Crippen molar-refractivity contribution < 1.29 is 9.53 Å². The van der Waals surface area contributed by atoms with E-state index < -0.39 is 6.10 Å². The van der Waals surface area contributed by atoms with Crippen LogP contribution in [0.2, 0.25) is 0 Å². The quantitative estimate of drug-likeness (QED) is 0.772. The number of rotatable bonds is 5. The summed E-state index contributed by atoms with van der Waals surface area (Å²) in [6, 6.07) is 13.8. The van der Waals surface area contributed by atoms with Crippen LogP contribution in [0.5, 0.6) is 5.75 Å². The maximum absolute atomic E-state index is 12.5. The third kappa shape index (κ3) is 4.18. The number of halogens is 1. The number of ether oxygens (including phenoxy) is 1. The molecule has 0 heterocycles. The molecule has 0 saturated heterocycles. The number of fused-ring (bicyclic) bond motifs is 1. The molecular weight excluding hydrogens is 366 g/mol. The molecule has 1 atom stereocenters. The predicted octanol–water partition coefficient (Wildman–Crippen LogP) is 5.12. The molecule has 0 aliphatic heterocycles. The SMILES string of the molecule is CCC(Oc1ccc2c(c1)CCCC2)C(=O)Nc1cccc(Br)c1. The maximum Gasteiger partial charge on any atom is 0.265 e. The van der Waals surface area contributed by atoms with E-state index in [4.69, 9.17) is 4.74 Å². The van der Waals surface area contributed by atoms with Crippen LogP contribution in [0.3, 0.4) is 0 Å². The van der Waals surface area contributed by atoms with E-state index in [9.17, 15) is 4.79 Å². The van der Waals surface area contributed by atoms with E-state index in [-0.39, 0.29) is 5.91 Å². The normalized spacial score (nSPS) is 14.6. The van der Waals surface area contributed by atoms with Crippen LogP contribution < -0.4 is 10.1 Å². The molecule has 4 heteroatoms. The summed E-state index contributed by atoms with van der Waals surface area (Å²) in [5, 5.41) is 2.92. The minimum atomic E-state index is -0.495. The molecule has 0 fully saturated rings. The lowest BCUT2D eigenvalue weighted by Crippen LogP contribution is -2.32. The molecule has 0 aromatic heterocycles. The van der Waals surface area contributed by atoms with Gasteiger partial charge in [0.25, 0.3) is 5.91 Å². The van der Waals surface area contributed by atoms with Gasteiger partial charge in [-0.05, 0) is 73.6 Å². The molecule has 2 aromatic rings. The van der Waals surface area contributed by atoms with E-state index in [1.807, 2.05) is 37.3 Å². The van der Waals surface area contributed by atoms with E-state index in [0.29, 0.717) is 6.42 Å². The lowest BCUT2D eigenvalue weighted by Gasteiger charge is -2.20. The van der Waals surface area contributed by atoms with Gasteiger partial charge in [-0.25, -0.2) is 0 Å². The zero-order valence-electron chi connectivity index (χ0n) is 13.8. The van der Waals surface area contributed by atoms with Gasteiger partial charge in [-0.3, -0.25) is 4.79 Å². The fourth-order valence-electron chi connectivity index (χ4n) is 3.06. The van der Waals surface area contributed by atoms with Crippen molar-refractivity contribution in [1.29, 1.82) is 0 Å². The fourth-order valence-corrected chi connectivity index (χ4v) is 3.46. The Hall–Kier alpha value is -1.81. The van der Waals surface area contributed by atoms with Crippen LogP contribution in [0.25, 0.3) is 0 Å². The number of carbonyl (C=O) groups excluding carboxylic acids is 1. The molecule has 3 nitrogen and oxygen atoms in total. The number of benzene rings is 2. The molecule has 0 radical (unpaired) electrons. The van der Waals surface area contributed by atoms with Gasteiger partial charge in [-0.15, -0.1) is 0 Å². The Bertz CT molecular complexity index is 729. The van der Waals surface area contributed by atoms with Gasteiger partial charge in [0, 0.05) is 10.2 Å². The number of aryl methyl sites for hydroxylation is 2. The second-order valence-corrected chi connectivity index (χ2v) is 7.07. The van der Waals surface area contributed by atoms with Gasteiger partial charge < -0.3 is 10.1 Å². The molecule has 0 spiro atoms. The molecule has 126 valence electrons. The van der Waals surface area contributed by atoms with E-state index in [0.717, 1.165) is 28.8 Å². The van der Waals surface area contributed by atoms with Crippen molar-refractivity contribution in [2.24, 2.45) is 0 Å². The first-order valence-electron chi connectivity index (χ1n) is 8.50. The number of anilines is 1. The maximum atomic E-state index is 12.5. The average Bonchev–Trinajstić information content (AvgIpc) is 2.59. The fraction of sp³-hybridized carbons (Fsp3) is 0.350. The van der Waals surface area contributed by atoms with Crippen molar-refractivity contribution >= 4 is 27.5 Å². The molecule has 2 aromatic carbocycles. The first-order chi connectivity index (χ1) is 11.7. The molecule has 1 unspecified atom stereocenters. The van der Waals surface area contributed by atoms with Crippen molar-refractivity contribution in [1.82, 2.24) is 0 Å². The summed E-state index contributed by atoms with van der Waals surface area (Å²) in [7, 11) is 0. The topological polar surface area (TPSA) is 38.3 Å².